The number of carbonyl (C=O) groups is 2. The Hall–Kier alpha value is -2.82. The molecule has 0 unspecified atom stereocenters. The minimum Gasteiger partial charge on any atom is -0.492 e. The zero-order valence-electron chi connectivity index (χ0n) is 15.8. The molecule has 5 heteroatoms. The number of amides is 2. The second-order valence-corrected chi connectivity index (χ2v) is 6.66. The van der Waals surface area contributed by atoms with Gasteiger partial charge in [0.2, 0.25) is 11.8 Å². The molecule has 2 amide bonds. The smallest absolute Gasteiger partial charge is 0.239 e. The van der Waals surface area contributed by atoms with E-state index in [1.54, 1.807) is 37.9 Å². The largest absolute Gasteiger partial charge is 0.492 e. The first-order valence-corrected chi connectivity index (χ1v) is 8.69. The Balaban J connectivity index is 2.10. The number of hydrogen-bond acceptors (Lipinski definition) is 3. The number of rotatable bonds is 7. The fraction of sp³-hybridized carbons (Fsp3) is 0.333. The van der Waals surface area contributed by atoms with Gasteiger partial charge in [0.15, 0.2) is 0 Å². The first kappa shape index (κ1) is 19.5. The average Bonchev–Trinajstić information content (AvgIpc) is 2.63. The van der Waals surface area contributed by atoms with Crippen LogP contribution < -0.4 is 10.1 Å². The zero-order chi connectivity index (χ0) is 19.2. The van der Waals surface area contributed by atoms with Crippen molar-refractivity contribution >= 4 is 17.5 Å². The first-order valence-electron chi connectivity index (χ1n) is 8.69. The van der Waals surface area contributed by atoms with E-state index in [0.717, 1.165) is 5.56 Å². The number of nitrogens with zero attached hydrogens (tertiary/aromatic N) is 1. The maximum Gasteiger partial charge on any atom is 0.239 e. The maximum atomic E-state index is 12.8. The van der Waals surface area contributed by atoms with E-state index in [2.05, 4.69) is 5.32 Å². The Labute approximate surface area is 155 Å². The molecule has 2 rings (SSSR count). The molecule has 0 saturated carbocycles. The number of nitrogens with one attached hydrogen (secondary N) is 1. The molecule has 26 heavy (non-hydrogen) atoms. The van der Waals surface area contributed by atoms with Gasteiger partial charge >= 0.3 is 0 Å². The summed E-state index contributed by atoms with van der Waals surface area (Å²) in [6.45, 7) is 6.09. The van der Waals surface area contributed by atoms with Gasteiger partial charge in [-0.1, -0.05) is 42.5 Å². The topological polar surface area (TPSA) is 58.6 Å². The van der Waals surface area contributed by atoms with Crippen LogP contribution in [0.4, 0.5) is 5.69 Å². The summed E-state index contributed by atoms with van der Waals surface area (Å²) in [7, 11) is 1.71. The predicted octanol–water partition coefficient (Wildman–Crippen LogP) is 3.71. The van der Waals surface area contributed by atoms with Crippen molar-refractivity contribution in [2.45, 2.75) is 27.3 Å². The van der Waals surface area contributed by atoms with E-state index in [1.165, 1.54) is 0 Å². The summed E-state index contributed by atoms with van der Waals surface area (Å²) in [6.07, 6.45) is 0. The molecule has 0 saturated heterocycles. The molecule has 138 valence electrons. The highest BCUT2D eigenvalue weighted by atomic mass is 16.5. The summed E-state index contributed by atoms with van der Waals surface area (Å²) in [5.41, 5.74) is 0.371. The Kier molecular flexibility index (Phi) is 6.39. The van der Waals surface area contributed by atoms with Crippen LogP contribution >= 0.6 is 0 Å². The molecule has 0 aliphatic heterocycles. The molecule has 5 nitrogen and oxygen atoms in total. The van der Waals surface area contributed by atoms with Crippen molar-refractivity contribution in [3.05, 3.63) is 60.2 Å². The summed E-state index contributed by atoms with van der Waals surface area (Å²) < 4.78 is 5.53. The Morgan fingerprint density at radius 2 is 1.65 bits per heavy atom. The van der Waals surface area contributed by atoms with E-state index in [4.69, 9.17) is 4.74 Å². The second kappa shape index (κ2) is 8.52. The summed E-state index contributed by atoms with van der Waals surface area (Å²) >= 11 is 0. The highest BCUT2D eigenvalue weighted by Crippen LogP contribution is 2.27. The number of hydrogen-bond donors (Lipinski definition) is 1. The van der Waals surface area contributed by atoms with Crippen molar-refractivity contribution in [1.82, 2.24) is 4.90 Å². The van der Waals surface area contributed by atoms with Crippen LogP contribution in [0.2, 0.25) is 0 Å². The monoisotopic (exact) mass is 354 g/mol. The van der Waals surface area contributed by atoms with Crippen molar-refractivity contribution in [3.8, 4) is 5.75 Å². The molecule has 0 atom stereocenters. The van der Waals surface area contributed by atoms with Gasteiger partial charge in [0, 0.05) is 13.6 Å². The summed E-state index contributed by atoms with van der Waals surface area (Å²) in [5, 5.41) is 2.82. The van der Waals surface area contributed by atoms with Gasteiger partial charge in [-0.3, -0.25) is 9.59 Å². The molecular formula is C21H26N2O3. The van der Waals surface area contributed by atoms with Crippen LogP contribution in [-0.4, -0.2) is 30.4 Å². The van der Waals surface area contributed by atoms with Crippen LogP contribution in [0.5, 0.6) is 5.75 Å². The molecule has 0 bridgehead atoms. The number of anilines is 1. The van der Waals surface area contributed by atoms with Crippen molar-refractivity contribution in [2.24, 2.45) is 5.41 Å². The Bertz CT molecular complexity index is 757. The van der Waals surface area contributed by atoms with Gasteiger partial charge in [0.1, 0.15) is 11.2 Å². The number of carbonyl (C=O) groups excluding carboxylic acids is 2. The van der Waals surface area contributed by atoms with Gasteiger partial charge in [-0.2, -0.15) is 0 Å². The molecule has 1 N–H and O–H groups in total. The van der Waals surface area contributed by atoms with Crippen LogP contribution in [0.15, 0.2) is 54.6 Å². The zero-order valence-corrected chi connectivity index (χ0v) is 15.8. The molecule has 0 radical (unpaired) electrons. The third-order valence-electron chi connectivity index (χ3n) is 4.15. The van der Waals surface area contributed by atoms with Crippen LogP contribution in [0.3, 0.4) is 0 Å². The molecular weight excluding hydrogens is 328 g/mol. The van der Waals surface area contributed by atoms with E-state index in [9.17, 15) is 9.59 Å². The lowest BCUT2D eigenvalue weighted by Gasteiger charge is -2.28. The molecule has 0 aromatic heterocycles. The lowest BCUT2D eigenvalue weighted by molar-refractivity contribution is -0.145. The summed E-state index contributed by atoms with van der Waals surface area (Å²) in [6, 6.07) is 16.9. The standard InChI is InChI=1S/C21H26N2O3/c1-5-26-18-14-10-9-13-17(18)22-19(24)21(2,3)20(25)23(4)15-16-11-7-6-8-12-16/h6-14H,5,15H2,1-4H3,(H,22,24). The summed E-state index contributed by atoms with van der Waals surface area (Å²) in [4.78, 5) is 27.2. The van der Waals surface area contributed by atoms with E-state index >= 15 is 0 Å². The van der Waals surface area contributed by atoms with Gasteiger partial charge in [-0.15, -0.1) is 0 Å². The highest BCUT2D eigenvalue weighted by molar-refractivity contribution is 6.10. The van der Waals surface area contributed by atoms with Gasteiger partial charge in [0.05, 0.1) is 12.3 Å². The molecule has 2 aromatic rings. The van der Waals surface area contributed by atoms with Gasteiger partial charge < -0.3 is 15.0 Å². The lowest BCUT2D eigenvalue weighted by atomic mass is 9.90. The normalized spacial score (nSPS) is 10.9. The second-order valence-electron chi connectivity index (χ2n) is 6.66. The van der Waals surface area contributed by atoms with Crippen molar-refractivity contribution in [1.29, 1.82) is 0 Å². The number of benzene rings is 2. The molecule has 0 heterocycles. The minimum atomic E-state index is -1.21. The van der Waals surface area contributed by atoms with E-state index in [-0.39, 0.29) is 11.8 Å². The van der Waals surface area contributed by atoms with Crippen LogP contribution in [0.25, 0.3) is 0 Å². The van der Waals surface area contributed by atoms with Crippen molar-refractivity contribution in [2.75, 3.05) is 19.0 Å². The number of ether oxygens (including phenoxy) is 1. The van der Waals surface area contributed by atoms with Crippen LogP contribution in [-0.2, 0) is 16.1 Å². The van der Waals surface area contributed by atoms with Gasteiger partial charge in [0.25, 0.3) is 0 Å². The predicted molar refractivity (Wildman–Crippen MR) is 103 cm³/mol. The average molecular weight is 354 g/mol. The fourth-order valence-corrected chi connectivity index (χ4v) is 2.63. The van der Waals surface area contributed by atoms with Crippen LogP contribution in [0.1, 0.15) is 26.3 Å². The van der Waals surface area contributed by atoms with Crippen molar-refractivity contribution < 1.29 is 14.3 Å². The Morgan fingerprint density at radius 1 is 1.04 bits per heavy atom. The first-order chi connectivity index (χ1) is 12.4. The molecule has 2 aromatic carbocycles. The van der Waals surface area contributed by atoms with Crippen LogP contribution in [0, 0.1) is 5.41 Å². The summed E-state index contributed by atoms with van der Waals surface area (Å²) in [5.74, 6) is -0.0217. The third-order valence-corrected chi connectivity index (χ3v) is 4.15. The van der Waals surface area contributed by atoms with Gasteiger partial charge in [-0.05, 0) is 38.5 Å². The maximum absolute atomic E-state index is 12.8. The van der Waals surface area contributed by atoms with E-state index in [1.807, 2.05) is 49.4 Å². The molecule has 0 aliphatic rings. The molecule has 0 fully saturated rings. The Morgan fingerprint density at radius 3 is 2.31 bits per heavy atom. The minimum absolute atomic E-state index is 0.243. The van der Waals surface area contributed by atoms with E-state index < -0.39 is 5.41 Å². The molecule has 0 aliphatic carbocycles. The highest BCUT2D eigenvalue weighted by Gasteiger charge is 2.38. The fourth-order valence-electron chi connectivity index (χ4n) is 2.63. The lowest BCUT2D eigenvalue weighted by Crippen LogP contribution is -2.45. The quantitative estimate of drug-likeness (QED) is 0.771. The number of para-hydroxylation sites is 2. The van der Waals surface area contributed by atoms with Gasteiger partial charge in [-0.25, -0.2) is 0 Å². The van der Waals surface area contributed by atoms with Crippen molar-refractivity contribution in [3.63, 3.8) is 0 Å². The molecule has 0 spiro atoms. The third kappa shape index (κ3) is 4.63. The SMILES string of the molecule is CCOc1ccccc1NC(=O)C(C)(C)C(=O)N(C)Cc1ccccc1. The van der Waals surface area contributed by atoms with E-state index in [0.29, 0.717) is 24.6 Å².